The molecule has 0 radical (unpaired) electrons. The lowest BCUT2D eigenvalue weighted by Gasteiger charge is -2.09. The first-order valence-electron chi connectivity index (χ1n) is 4.57. The zero-order chi connectivity index (χ0) is 11.0. The molecule has 1 aromatic rings. The van der Waals surface area contributed by atoms with Crippen LogP contribution in [0.25, 0.3) is 0 Å². The predicted molar refractivity (Wildman–Crippen MR) is 47.9 cm³/mol. The predicted octanol–water partition coefficient (Wildman–Crippen LogP) is 0.487. The second-order valence-electron chi connectivity index (χ2n) is 3.60. The normalized spacial score (nSPS) is 17.4. The summed E-state index contributed by atoms with van der Waals surface area (Å²) in [5.74, 6) is -2.81. The quantitative estimate of drug-likeness (QED) is 0.763. The van der Waals surface area contributed by atoms with Gasteiger partial charge in [-0.2, -0.15) is 4.39 Å². The summed E-state index contributed by atoms with van der Waals surface area (Å²) in [6.45, 7) is 0. The third kappa shape index (κ3) is 1.88. The summed E-state index contributed by atoms with van der Waals surface area (Å²) in [6, 6.07) is 0. The molecule has 15 heavy (non-hydrogen) atoms. The number of nitrogens with zero attached hydrogens (tertiary/aromatic N) is 1. The Balaban J connectivity index is 2.37. The van der Waals surface area contributed by atoms with E-state index in [2.05, 4.69) is 9.97 Å². The van der Waals surface area contributed by atoms with E-state index in [9.17, 15) is 14.0 Å². The molecule has 1 unspecified atom stereocenters. The van der Waals surface area contributed by atoms with E-state index < -0.39 is 23.3 Å². The standard InChI is InChI=1S/C9H9FN2O3/c10-5-3-11-7(12-8(5)13)6(9(14)15)4-1-2-4/h3-4,6H,1-2H2,(H,14,15)(H,11,12,13). The third-order valence-corrected chi connectivity index (χ3v) is 2.43. The fourth-order valence-corrected chi connectivity index (χ4v) is 1.52. The van der Waals surface area contributed by atoms with Crippen molar-refractivity contribution in [1.82, 2.24) is 9.97 Å². The van der Waals surface area contributed by atoms with Gasteiger partial charge in [-0.15, -0.1) is 0 Å². The molecule has 5 nitrogen and oxygen atoms in total. The van der Waals surface area contributed by atoms with Crippen molar-refractivity contribution < 1.29 is 14.3 Å². The Morgan fingerprint density at radius 2 is 2.33 bits per heavy atom. The Kier molecular flexibility index (Phi) is 2.26. The minimum atomic E-state index is -1.03. The summed E-state index contributed by atoms with van der Waals surface area (Å²) in [4.78, 5) is 27.6. The summed E-state index contributed by atoms with van der Waals surface area (Å²) in [5.41, 5.74) is -0.924. The molecule has 1 aromatic heterocycles. The van der Waals surface area contributed by atoms with Gasteiger partial charge in [0.1, 0.15) is 11.7 Å². The number of hydrogen-bond acceptors (Lipinski definition) is 3. The van der Waals surface area contributed by atoms with Gasteiger partial charge < -0.3 is 10.1 Å². The highest BCUT2D eigenvalue weighted by Crippen LogP contribution is 2.41. The number of aliphatic carboxylic acids is 1. The molecule has 6 heteroatoms. The van der Waals surface area contributed by atoms with E-state index in [0.717, 1.165) is 19.0 Å². The Bertz CT molecular complexity index is 453. The highest BCUT2D eigenvalue weighted by Gasteiger charge is 2.39. The van der Waals surface area contributed by atoms with Gasteiger partial charge >= 0.3 is 5.97 Å². The molecule has 0 amide bonds. The number of H-pyrrole nitrogens is 1. The van der Waals surface area contributed by atoms with Crippen LogP contribution in [0.3, 0.4) is 0 Å². The summed E-state index contributed by atoms with van der Waals surface area (Å²) >= 11 is 0. The summed E-state index contributed by atoms with van der Waals surface area (Å²) in [7, 11) is 0. The largest absolute Gasteiger partial charge is 0.481 e. The maximum absolute atomic E-state index is 12.6. The molecule has 0 aliphatic heterocycles. The number of rotatable bonds is 3. The molecular formula is C9H9FN2O3. The van der Waals surface area contributed by atoms with Crippen molar-refractivity contribution in [3.63, 3.8) is 0 Å². The van der Waals surface area contributed by atoms with Crippen LogP contribution in [0.5, 0.6) is 0 Å². The van der Waals surface area contributed by atoms with Crippen LogP contribution in [0.2, 0.25) is 0 Å². The van der Waals surface area contributed by atoms with Crippen molar-refractivity contribution >= 4 is 5.97 Å². The molecule has 1 fully saturated rings. The Labute approximate surface area is 84.0 Å². The fourth-order valence-electron chi connectivity index (χ4n) is 1.52. The van der Waals surface area contributed by atoms with Crippen molar-refractivity contribution in [2.24, 2.45) is 5.92 Å². The van der Waals surface area contributed by atoms with Gasteiger partial charge in [0.05, 0.1) is 6.20 Å². The van der Waals surface area contributed by atoms with E-state index in [-0.39, 0.29) is 11.7 Å². The van der Waals surface area contributed by atoms with Gasteiger partial charge in [0.2, 0.25) is 5.82 Å². The average molecular weight is 212 g/mol. The molecule has 0 bridgehead atoms. The van der Waals surface area contributed by atoms with E-state index in [1.807, 2.05) is 0 Å². The molecule has 1 aliphatic carbocycles. The Hall–Kier alpha value is -1.72. The zero-order valence-corrected chi connectivity index (χ0v) is 7.74. The molecular weight excluding hydrogens is 203 g/mol. The van der Waals surface area contributed by atoms with Crippen LogP contribution in [0, 0.1) is 11.7 Å². The molecule has 1 heterocycles. The van der Waals surface area contributed by atoms with Crippen molar-refractivity contribution in [2.45, 2.75) is 18.8 Å². The number of aromatic amines is 1. The van der Waals surface area contributed by atoms with Gasteiger partial charge in [-0.3, -0.25) is 9.59 Å². The van der Waals surface area contributed by atoms with Crippen LogP contribution in [0.4, 0.5) is 4.39 Å². The first-order valence-corrected chi connectivity index (χ1v) is 4.57. The van der Waals surface area contributed by atoms with E-state index >= 15 is 0 Å². The number of carboxylic acid groups (broad SMARTS) is 1. The van der Waals surface area contributed by atoms with Crippen molar-refractivity contribution in [3.8, 4) is 0 Å². The van der Waals surface area contributed by atoms with Crippen LogP contribution in [-0.4, -0.2) is 21.0 Å². The van der Waals surface area contributed by atoms with E-state index in [0.29, 0.717) is 0 Å². The smallest absolute Gasteiger partial charge is 0.314 e. The minimum absolute atomic E-state index is 0.0103. The lowest BCUT2D eigenvalue weighted by Crippen LogP contribution is -2.22. The molecule has 1 aliphatic rings. The SMILES string of the molecule is O=C(O)C(c1ncc(F)c(=O)[nH]1)C1CC1. The molecule has 0 saturated heterocycles. The zero-order valence-electron chi connectivity index (χ0n) is 7.74. The second kappa shape index (κ2) is 3.45. The van der Waals surface area contributed by atoms with Crippen molar-refractivity contribution in [3.05, 3.63) is 28.2 Å². The number of aromatic nitrogens is 2. The Morgan fingerprint density at radius 1 is 1.67 bits per heavy atom. The second-order valence-corrected chi connectivity index (χ2v) is 3.60. The summed E-state index contributed by atoms with van der Waals surface area (Å²) in [6.07, 6.45) is 2.36. The van der Waals surface area contributed by atoms with Crippen LogP contribution in [0.1, 0.15) is 24.6 Å². The maximum atomic E-state index is 12.6. The maximum Gasteiger partial charge on any atom is 0.314 e. The van der Waals surface area contributed by atoms with Gasteiger partial charge in [0.15, 0.2) is 0 Å². The number of carbonyl (C=O) groups is 1. The minimum Gasteiger partial charge on any atom is -0.481 e. The van der Waals surface area contributed by atoms with Crippen LogP contribution >= 0.6 is 0 Å². The average Bonchev–Trinajstić information content (AvgIpc) is 2.95. The number of carboxylic acids is 1. The number of nitrogens with one attached hydrogen (secondary N) is 1. The van der Waals surface area contributed by atoms with Crippen LogP contribution < -0.4 is 5.56 Å². The van der Waals surface area contributed by atoms with Crippen molar-refractivity contribution in [1.29, 1.82) is 0 Å². The highest BCUT2D eigenvalue weighted by atomic mass is 19.1. The molecule has 0 aromatic carbocycles. The highest BCUT2D eigenvalue weighted by molar-refractivity contribution is 5.75. The fraction of sp³-hybridized carbons (Fsp3) is 0.444. The molecule has 0 spiro atoms. The number of hydrogen-bond donors (Lipinski definition) is 2. The molecule has 2 N–H and O–H groups in total. The van der Waals surface area contributed by atoms with Gasteiger partial charge in [0, 0.05) is 0 Å². The Morgan fingerprint density at radius 3 is 2.80 bits per heavy atom. The lowest BCUT2D eigenvalue weighted by atomic mass is 10.0. The van der Waals surface area contributed by atoms with E-state index in [4.69, 9.17) is 5.11 Å². The molecule has 2 rings (SSSR count). The first kappa shape index (κ1) is 9.82. The van der Waals surface area contributed by atoms with E-state index in [1.165, 1.54) is 0 Å². The van der Waals surface area contributed by atoms with Gasteiger partial charge in [-0.25, -0.2) is 4.98 Å². The van der Waals surface area contributed by atoms with E-state index in [1.54, 1.807) is 0 Å². The van der Waals surface area contributed by atoms with Gasteiger partial charge in [0.25, 0.3) is 5.56 Å². The summed E-state index contributed by atoms with van der Waals surface area (Å²) < 4.78 is 12.6. The van der Waals surface area contributed by atoms with Gasteiger partial charge in [-0.1, -0.05) is 0 Å². The number of halogens is 1. The molecule has 80 valence electrons. The molecule has 1 atom stereocenters. The summed E-state index contributed by atoms with van der Waals surface area (Å²) in [5, 5.41) is 8.94. The topological polar surface area (TPSA) is 83.0 Å². The third-order valence-electron chi connectivity index (χ3n) is 2.43. The van der Waals surface area contributed by atoms with Crippen LogP contribution in [-0.2, 0) is 4.79 Å². The molecule has 1 saturated carbocycles. The van der Waals surface area contributed by atoms with Gasteiger partial charge in [-0.05, 0) is 18.8 Å². The lowest BCUT2D eigenvalue weighted by molar-refractivity contribution is -0.139. The first-order chi connectivity index (χ1) is 7.09. The monoisotopic (exact) mass is 212 g/mol. The van der Waals surface area contributed by atoms with Crippen LogP contribution in [0.15, 0.2) is 11.0 Å². The van der Waals surface area contributed by atoms with Crippen molar-refractivity contribution in [2.75, 3.05) is 0 Å².